The Morgan fingerprint density at radius 2 is 1.67 bits per heavy atom. The molecule has 5 nitrogen and oxygen atoms in total. The van der Waals surface area contributed by atoms with E-state index in [4.69, 9.17) is 4.84 Å². The second-order valence-electron chi connectivity index (χ2n) is 8.45. The van der Waals surface area contributed by atoms with Gasteiger partial charge < -0.3 is 5.11 Å². The van der Waals surface area contributed by atoms with E-state index in [0.717, 1.165) is 5.06 Å². The van der Waals surface area contributed by atoms with E-state index in [0.29, 0.717) is 0 Å². The minimum Gasteiger partial charge on any atom is -0.368 e. The second kappa shape index (κ2) is 5.06. The van der Waals surface area contributed by atoms with Crippen molar-refractivity contribution in [3.05, 3.63) is 0 Å². The zero-order valence-electron chi connectivity index (χ0n) is 14.5. The third-order valence-electron chi connectivity index (χ3n) is 4.13. The fourth-order valence-electron chi connectivity index (χ4n) is 2.52. The normalized spacial score (nSPS) is 30.6. The van der Waals surface area contributed by atoms with Crippen molar-refractivity contribution in [2.24, 2.45) is 10.8 Å². The Balaban J connectivity index is 3.10. The first-order valence-electron chi connectivity index (χ1n) is 7.38. The highest BCUT2D eigenvalue weighted by Gasteiger charge is 2.59. The van der Waals surface area contributed by atoms with Crippen LogP contribution in [0.1, 0.15) is 68.2 Å². The molecule has 21 heavy (non-hydrogen) atoms. The van der Waals surface area contributed by atoms with Crippen molar-refractivity contribution >= 4 is 11.7 Å². The van der Waals surface area contributed by atoms with Crippen molar-refractivity contribution in [3.63, 3.8) is 0 Å². The standard InChI is InChI=1S/C16H29NO4/c1-11(18)17-16(20,14(5,6)7)10-15(8,21-17)9-12(19)13(2,3)4/h20H,9-10H2,1-8H3/t15-,16-/m0/s1. The minimum absolute atomic E-state index is 0.0478. The largest absolute Gasteiger partial charge is 0.368 e. The van der Waals surface area contributed by atoms with Gasteiger partial charge in [-0.15, -0.1) is 0 Å². The summed E-state index contributed by atoms with van der Waals surface area (Å²) in [6, 6.07) is 0. The van der Waals surface area contributed by atoms with E-state index in [1.54, 1.807) is 6.92 Å². The fourth-order valence-corrected chi connectivity index (χ4v) is 2.52. The topological polar surface area (TPSA) is 66.8 Å². The molecule has 0 aromatic rings. The number of carbonyl (C=O) groups is 2. The lowest BCUT2D eigenvalue weighted by Gasteiger charge is -2.40. The molecule has 1 amide bonds. The maximum atomic E-state index is 12.3. The Hall–Kier alpha value is -0.940. The van der Waals surface area contributed by atoms with Crippen molar-refractivity contribution in [1.82, 2.24) is 5.06 Å². The molecule has 0 aliphatic carbocycles. The van der Waals surface area contributed by atoms with E-state index in [-0.39, 0.29) is 24.5 Å². The summed E-state index contributed by atoms with van der Waals surface area (Å²) in [6.07, 6.45) is 0.379. The molecule has 0 unspecified atom stereocenters. The molecule has 5 heteroatoms. The second-order valence-corrected chi connectivity index (χ2v) is 8.45. The summed E-state index contributed by atoms with van der Waals surface area (Å²) >= 11 is 0. The minimum atomic E-state index is -1.42. The van der Waals surface area contributed by atoms with E-state index in [1.165, 1.54) is 6.92 Å². The molecule has 0 saturated carbocycles. The number of aliphatic hydroxyl groups is 1. The summed E-state index contributed by atoms with van der Waals surface area (Å²) < 4.78 is 0. The Morgan fingerprint density at radius 1 is 1.19 bits per heavy atom. The molecule has 0 radical (unpaired) electrons. The predicted octanol–water partition coefficient (Wildman–Crippen LogP) is 2.67. The van der Waals surface area contributed by atoms with Gasteiger partial charge in [0.25, 0.3) is 0 Å². The van der Waals surface area contributed by atoms with E-state index in [1.807, 2.05) is 41.5 Å². The number of rotatable bonds is 2. The van der Waals surface area contributed by atoms with Crippen molar-refractivity contribution < 1.29 is 19.5 Å². The molecule has 0 aromatic heterocycles. The monoisotopic (exact) mass is 299 g/mol. The maximum Gasteiger partial charge on any atom is 0.245 e. The molecule has 1 aliphatic heterocycles. The van der Waals surface area contributed by atoms with Crippen LogP contribution < -0.4 is 0 Å². The zero-order chi connectivity index (χ0) is 16.9. The number of hydrogen-bond donors (Lipinski definition) is 1. The SMILES string of the molecule is CC(=O)N1O[C@@](C)(CC(=O)C(C)(C)C)C[C@]1(O)C(C)(C)C. The van der Waals surface area contributed by atoms with Gasteiger partial charge in [0.1, 0.15) is 11.4 Å². The van der Waals surface area contributed by atoms with Crippen molar-refractivity contribution in [2.45, 2.75) is 79.6 Å². The van der Waals surface area contributed by atoms with Gasteiger partial charge in [0.15, 0.2) is 5.72 Å². The smallest absolute Gasteiger partial charge is 0.245 e. The summed E-state index contributed by atoms with van der Waals surface area (Å²) in [5, 5.41) is 12.0. The Bertz CT molecular complexity index is 446. The highest BCUT2D eigenvalue weighted by Crippen LogP contribution is 2.48. The average Bonchev–Trinajstić information content (AvgIpc) is 2.49. The average molecular weight is 299 g/mol. The number of ketones is 1. The molecule has 1 saturated heterocycles. The van der Waals surface area contributed by atoms with Gasteiger partial charge in [0.05, 0.1) is 0 Å². The molecular weight excluding hydrogens is 270 g/mol. The van der Waals surface area contributed by atoms with Gasteiger partial charge in [-0.2, -0.15) is 5.06 Å². The molecule has 0 spiro atoms. The quantitative estimate of drug-likeness (QED) is 0.851. The summed E-state index contributed by atoms with van der Waals surface area (Å²) in [4.78, 5) is 29.9. The third kappa shape index (κ3) is 3.46. The van der Waals surface area contributed by atoms with Gasteiger partial charge in [-0.1, -0.05) is 41.5 Å². The highest BCUT2D eigenvalue weighted by molar-refractivity contribution is 5.84. The van der Waals surface area contributed by atoms with E-state index in [2.05, 4.69) is 0 Å². The van der Waals surface area contributed by atoms with Crippen LogP contribution in [-0.4, -0.2) is 33.2 Å². The number of hydrogen-bond acceptors (Lipinski definition) is 4. The molecule has 1 aliphatic rings. The lowest BCUT2D eigenvalue weighted by Crippen LogP contribution is -2.54. The van der Waals surface area contributed by atoms with Crippen LogP contribution in [0.25, 0.3) is 0 Å². The summed E-state index contributed by atoms with van der Waals surface area (Å²) in [5.74, 6) is -0.314. The molecule has 0 bridgehead atoms. The van der Waals surface area contributed by atoms with Crippen molar-refractivity contribution in [1.29, 1.82) is 0 Å². The molecule has 1 heterocycles. The van der Waals surface area contributed by atoms with Crippen LogP contribution in [0.3, 0.4) is 0 Å². The molecule has 1 fully saturated rings. The molecule has 1 N–H and O–H groups in total. The predicted molar refractivity (Wildman–Crippen MR) is 80.1 cm³/mol. The van der Waals surface area contributed by atoms with Crippen molar-refractivity contribution in [2.75, 3.05) is 0 Å². The Morgan fingerprint density at radius 3 is 1.95 bits per heavy atom. The van der Waals surface area contributed by atoms with Crippen LogP contribution >= 0.6 is 0 Å². The van der Waals surface area contributed by atoms with Gasteiger partial charge in [-0.3, -0.25) is 14.4 Å². The summed E-state index contributed by atoms with van der Waals surface area (Å²) in [5.41, 5.74) is -3.36. The van der Waals surface area contributed by atoms with Gasteiger partial charge in [-0.25, -0.2) is 0 Å². The first kappa shape index (κ1) is 18.1. The molecule has 122 valence electrons. The lowest BCUT2D eigenvalue weighted by molar-refractivity contribution is -0.275. The summed E-state index contributed by atoms with van der Waals surface area (Å²) in [7, 11) is 0. The third-order valence-corrected chi connectivity index (χ3v) is 4.13. The Kier molecular flexibility index (Phi) is 4.36. The highest BCUT2D eigenvalue weighted by atomic mass is 16.7. The molecular formula is C16H29NO4. The van der Waals surface area contributed by atoms with Gasteiger partial charge in [0.2, 0.25) is 5.91 Å². The van der Waals surface area contributed by atoms with Crippen LogP contribution in [0, 0.1) is 10.8 Å². The molecule has 0 aromatic carbocycles. The van der Waals surface area contributed by atoms with Gasteiger partial charge in [0, 0.05) is 30.6 Å². The zero-order valence-corrected chi connectivity index (χ0v) is 14.5. The van der Waals surface area contributed by atoms with Crippen molar-refractivity contribution in [3.8, 4) is 0 Å². The lowest BCUT2D eigenvalue weighted by atomic mass is 9.75. The Labute approximate surface area is 127 Å². The first-order chi connectivity index (χ1) is 9.12. The van der Waals surface area contributed by atoms with E-state index >= 15 is 0 Å². The van der Waals surface area contributed by atoms with Crippen LogP contribution in [0.15, 0.2) is 0 Å². The van der Waals surface area contributed by atoms with Gasteiger partial charge >= 0.3 is 0 Å². The van der Waals surface area contributed by atoms with Crippen LogP contribution in [-0.2, 0) is 14.4 Å². The number of nitrogens with zero attached hydrogens (tertiary/aromatic N) is 1. The summed E-state index contributed by atoms with van der Waals surface area (Å²) in [6.45, 7) is 14.2. The van der Waals surface area contributed by atoms with E-state index < -0.39 is 22.2 Å². The number of Topliss-reactive ketones (excluding diaryl/α,β-unsaturated/α-hetero) is 1. The number of amides is 1. The maximum absolute atomic E-state index is 12.3. The van der Waals surface area contributed by atoms with E-state index in [9.17, 15) is 14.7 Å². The van der Waals surface area contributed by atoms with Crippen LogP contribution in [0.2, 0.25) is 0 Å². The first-order valence-corrected chi connectivity index (χ1v) is 7.38. The van der Waals surface area contributed by atoms with Crippen LogP contribution in [0.4, 0.5) is 0 Å². The van der Waals surface area contributed by atoms with Gasteiger partial charge in [-0.05, 0) is 6.92 Å². The number of hydroxylamine groups is 2. The molecule has 2 atom stereocenters. The van der Waals surface area contributed by atoms with Crippen LogP contribution in [0.5, 0.6) is 0 Å². The fraction of sp³-hybridized carbons (Fsp3) is 0.875. The molecule has 1 rings (SSSR count). The number of carbonyl (C=O) groups excluding carboxylic acids is 2.